The second-order valence-electron chi connectivity index (χ2n) is 7.02. The molecule has 156 valence electrons. The van der Waals surface area contributed by atoms with Crippen LogP contribution in [0.4, 0.5) is 33.5 Å². The zero-order valence-electron chi connectivity index (χ0n) is 17.8. The Morgan fingerprint density at radius 3 is 2.27 bits per heavy atom. The van der Waals surface area contributed by atoms with Crippen LogP contribution in [0.1, 0.15) is 11.4 Å². The van der Waals surface area contributed by atoms with Gasteiger partial charge in [0.1, 0.15) is 23.2 Å². The number of methoxy groups -OCH3 is 1. The van der Waals surface area contributed by atoms with E-state index in [0.29, 0.717) is 17.3 Å². The highest BCUT2D eigenvalue weighted by atomic mass is 16.5. The highest BCUT2D eigenvalue weighted by molar-refractivity contribution is 6.00. The number of ether oxygens (including phenoxy) is 1. The minimum atomic E-state index is -0.314. The van der Waals surface area contributed by atoms with Gasteiger partial charge in [-0.15, -0.1) is 0 Å². The van der Waals surface area contributed by atoms with E-state index in [0.717, 1.165) is 28.5 Å². The minimum Gasteiger partial charge on any atom is -0.497 e. The zero-order chi connectivity index (χ0) is 21.7. The van der Waals surface area contributed by atoms with Gasteiger partial charge in [0.05, 0.1) is 7.11 Å². The van der Waals surface area contributed by atoms with Crippen molar-refractivity contribution in [3.8, 4) is 5.75 Å². The molecular weight excluding hydrogens is 380 g/mol. The normalized spacial score (nSPS) is 10.3. The monoisotopic (exact) mass is 406 g/mol. The lowest BCUT2D eigenvalue weighted by molar-refractivity contribution is 0.262. The largest absolute Gasteiger partial charge is 0.497 e. The van der Waals surface area contributed by atoms with Gasteiger partial charge in [-0.1, -0.05) is 0 Å². The van der Waals surface area contributed by atoms with E-state index >= 15 is 0 Å². The first-order valence-electron chi connectivity index (χ1n) is 9.47. The third-order valence-corrected chi connectivity index (χ3v) is 4.38. The molecule has 8 heteroatoms. The summed E-state index contributed by atoms with van der Waals surface area (Å²) in [4.78, 5) is 23.0. The number of amides is 2. The number of aryl methyl sites for hydroxylation is 2. The standard InChI is InChI=1S/C22H26N6O2/c1-14-12-18(30-5)10-11-19(14)27-22(29)26-17-8-6-16(7-9-17)25-20-13-21(28(3)4)24-15(2)23-20/h6-13H,1-5H3,(H,23,24,25)(H2,26,27,29). The number of nitrogens with one attached hydrogen (secondary N) is 3. The van der Waals surface area contributed by atoms with Crippen molar-refractivity contribution in [2.75, 3.05) is 42.1 Å². The molecular formula is C22H26N6O2. The van der Waals surface area contributed by atoms with Gasteiger partial charge in [0.2, 0.25) is 0 Å². The van der Waals surface area contributed by atoms with E-state index in [-0.39, 0.29) is 6.03 Å². The fourth-order valence-corrected chi connectivity index (χ4v) is 2.82. The highest BCUT2D eigenvalue weighted by Gasteiger charge is 2.07. The lowest BCUT2D eigenvalue weighted by Gasteiger charge is -2.14. The fraction of sp³-hybridized carbons (Fsp3) is 0.227. The van der Waals surface area contributed by atoms with Crippen LogP contribution in [-0.2, 0) is 0 Å². The zero-order valence-corrected chi connectivity index (χ0v) is 17.8. The van der Waals surface area contributed by atoms with E-state index in [2.05, 4.69) is 25.9 Å². The van der Waals surface area contributed by atoms with Crippen molar-refractivity contribution in [2.24, 2.45) is 0 Å². The Morgan fingerprint density at radius 1 is 0.933 bits per heavy atom. The highest BCUT2D eigenvalue weighted by Crippen LogP contribution is 2.22. The summed E-state index contributed by atoms with van der Waals surface area (Å²) in [5.41, 5.74) is 3.18. The SMILES string of the molecule is COc1ccc(NC(=O)Nc2ccc(Nc3cc(N(C)C)nc(C)n3)cc2)c(C)c1. The van der Waals surface area contributed by atoms with Crippen LogP contribution in [0.5, 0.6) is 5.75 Å². The first-order valence-corrected chi connectivity index (χ1v) is 9.47. The summed E-state index contributed by atoms with van der Waals surface area (Å²) >= 11 is 0. The van der Waals surface area contributed by atoms with Crippen molar-refractivity contribution in [3.63, 3.8) is 0 Å². The van der Waals surface area contributed by atoms with Crippen LogP contribution in [0, 0.1) is 13.8 Å². The Hall–Kier alpha value is -3.81. The van der Waals surface area contributed by atoms with Gasteiger partial charge in [-0.25, -0.2) is 14.8 Å². The van der Waals surface area contributed by atoms with E-state index in [4.69, 9.17) is 4.74 Å². The summed E-state index contributed by atoms with van der Waals surface area (Å²) in [6.45, 7) is 3.77. The summed E-state index contributed by atoms with van der Waals surface area (Å²) in [5.74, 6) is 2.97. The van der Waals surface area contributed by atoms with Gasteiger partial charge < -0.3 is 25.6 Å². The van der Waals surface area contributed by atoms with E-state index in [1.165, 1.54) is 0 Å². The summed E-state index contributed by atoms with van der Waals surface area (Å²) < 4.78 is 5.18. The molecule has 1 heterocycles. The lowest BCUT2D eigenvalue weighted by atomic mass is 10.2. The number of hydrogen-bond acceptors (Lipinski definition) is 6. The Kier molecular flexibility index (Phi) is 6.36. The molecule has 1 aromatic heterocycles. The molecule has 0 aliphatic rings. The third-order valence-electron chi connectivity index (χ3n) is 4.38. The number of anilines is 5. The molecule has 3 rings (SSSR count). The molecule has 0 bridgehead atoms. The van der Waals surface area contributed by atoms with Gasteiger partial charge in [0, 0.05) is 37.2 Å². The van der Waals surface area contributed by atoms with Crippen LogP contribution in [0.15, 0.2) is 48.5 Å². The number of rotatable bonds is 6. The van der Waals surface area contributed by atoms with Crippen molar-refractivity contribution in [2.45, 2.75) is 13.8 Å². The van der Waals surface area contributed by atoms with Gasteiger partial charge >= 0.3 is 6.03 Å². The molecule has 0 saturated heterocycles. The quantitative estimate of drug-likeness (QED) is 0.556. The summed E-state index contributed by atoms with van der Waals surface area (Å²) in [6, 6.07) is 14.4. The molecule has 0 spiro atoms. The number of urea groups is 1. The Bertz CT molecular complexity index is 1030. The molecule has 0 unspecified atom stereocenters. The maximum absolute atomic E-state index is 12.3. The maximum atomic E-state index is 12.3. The van der Waals surface area contributed by atoms with Gasteiger partial charge in [-0.2, -0.15) is 0 Å². The van der Waals surface area contributed by atoms with Crippen LogP contribution < -0.4 is 25.6 Å². The molecule has 0 fully saturated rings. The molecule has 30 heavy (non-hydrogen) atoms. The maximum Gasteiger partial charge on any atom is 0.323 e. The van der Waals surface area contributed by atoms with Crippen molar-refractivity contribution in [1.82, 2.24) is 9.97 Å². The number of aromatic nitrogens is 2. The number of carbonyl (C=O) groups is 1. The Labute approximate surface area is 176 Å². The van der Waals surface area contributed by atoms with E-state index in [1.807, 2.05) is 75.3 Å². The number of benzene rings is 2. The smallest absolute Gasteiger partial charge is 0.323 e. The van der Waals surface area contributed by atoms with Gasteiger partial charge in [0.15, 0.2) is 0 Å². The van der Waals surface area contributed by atoms with Crippen molar-refractivity contribution in [3.05, 3.63) is 59.9 Å². The molecule has 8 nitrogen and oxygen atoms in total. The van der Waals surface area contributed by atoms with Crippen LogP contribution in [-0.4, -0.2) is 37.2 Å². The molecule has 3 N–H and O–H groups in total. The molecule has 0 aliphatic heterocycles. The number of nitrogens with zero attached hydrogens (tertiary/aromatic N) is 3. The van der Waals surface area contributed by atoms with Crippen molar-refractivity contribution >= 4 is 34.7 Å². The molecule has 2 aromatic carbocycles. The van der Waals surface area contributed by atoms with E-state index < -0.39 is 0 Å². The van der Waals surface area contributed by atoms with Gasteiger partial charge in [-0.05, 0) is 61.9 Å². The average molecular weight is 406 g/mol. The molecule has 0 saturated carbocycles. The number of hydrogen-bond donors (Lipinski definition) is 3. The Morgan fingerprint density at radius 2 is 1.63 bits per heavy atom. The average Bonchev–Trinajstić information content (AvgIpc) is 2.70. The third kappa shape index (κ3) is 5.38. The number of carbonyl (C=O) groups excluding carboxylic acids is 1. The van der Waals surface area contributed by atoms with Crippen LogP contribution in [0.25, 0.3) is 0 Å². The summed E-state index contributed by atoms with van der Waals surface area (Å²) in [5, 5.41) is 8.93. The van der Waals surface area contributed by atoms with Gasteiger partial charge in [0.25, 0.3) is 0 Å². The summed E-state index contributed by atoms with van der Waals surface area (Å²) in [6.07, 6.45) is 0. The second kappa shape index (κ2) is 9.13. The first kappa shape index (κ1) is 20.9. The predicted molar refractivity (Wildman–Crippen MR) is 121 cm³/mol. The lowest BCUT2D eigenvalue weighted by Crippen LogP contribution is -2.19. The molecule has 2 amide bonds. The van der Waals surface area contributed by atoms with E-state index in [1.54, 1.807) is 13.2 Å². The predicted octanol–water partition coefficient (Wildman–Crippen LogP) is 4.56. The van der Waals surface area contributed by atoms with E-state index in [9.17, 15) is 4.79 Å². The van der Waals surface area contributed by atoms with Crippen molar-refractivity contribution in [1.29, 1.82) is 0 Å². The van der Waals surface area contributed by atoms with Gasteiger partial charge in [-0.3, -0.25) is 0 Å². The molecule has 0 atom stereocenters. The molecule has 0 radical (unpaired) electrons. The van der Waals surface area contributed by atoms with Crippen molar-refractivity contribution < 1.29 is 9.53 Å². The Balaban J connectivity index is 1.62. The molecule has 3 aromatic rings. The minimum absolute atomic E-state index is 0.314. The molecule has 0 aliphatic carbocycles. The van der Waals surface area contributed by atoms with Crippen LogP contribution >= 0.6 is 0 Å². The second-order valence-corrected chi connectivity index (χ2v) is 7.02. The fourth-order valence-electron chi connectivity index (χ4n) is 2.82. The summed E-state index contributed by atoms with van der Waals surface area (Å²) in [7, 11) is 5.48. The topological polar surface area (TPSA) is 91.4 Å². The first-order chi connectivity index (χ1) is 14.3. The van der Waals surface area contributed by atoms with Crippen LogP contribution in [0.2, 0.25) is 0 Å². The van der Waals surface area contributed by atoms with Crippen LogP contribution in [0.3, 0.4) is 0 Å².